The quantitative estimate of drug-likeness (QED) is 0.417. The number of hydrogen-bond donors (Lipinski definition) is 0. The summed E-state index contributed by atoms with van der Waals surface area (Å²) in [5.74, 6) is 2.37. The molecule has 0 aliphatic carbocycles. The Morgan fingerprint density at radius 2 is 1.52 bits per heavy atom. The molecule has 0 aliphatic heterocycles. The van der Waals surface area contributed by atoms with Crippen molar-refractivity contribution in [3.63, 3.8) is 0 Å². The van der Waals surface area contributed by atoms with Crippen LogP contribution >= 0.6 is 12.4 Å². The molecule has 0 unspecified atom stereocenters. The van der Waals surface area contributed by atoms with Gasteiger partial charge in [-0.3, -0.25) is 0 Å². The van der Waals surface area contributed by atoms with Crippen LogP contribution in [0.3, 0.4) is 0 Å². The molecule has 0 amide bonds. The lowest BCUT2D eigenvalue weighted by Gasteiger charge is -2.21. The highest BCUT2D eigenvalue weighted by atomic mass is 35.5. The molecule has 0 saturated carbocycles. The Balaban J connectivity index is 0.00000180. The van der Waals surface area contributed by atoms with Crippen molar-refractivity contribution in [3.05, 3.63) is 78.9 Å². The summed E-state index contributed by atoms with van der Waals surface area (Å²) >= 11 is 0. The van der Waals surface area contributed by atoms with Gasteiger partial charge in [0.1, 0.15) is 28.9 Å². The van der Waals surface area contributed by atoms with Crippen molar-refractivity contribution >= 4 is 40.3 Å². The van der Waals surface area contributed by atoms with Gasteiger partial charge in [-0.15, -0.1) is 12.4 Å². The number of fused-ring (bicyclic) bond motifs is 3. The van der Waals surface area contributed by atoms with Crippen molar-refractivity contribution < 1.29 is 13.3 Å². The van der Waals surface area contributed by atoms with Gasteiger partial charge < -0.3 is 18.2 Å². The first kappa shape index (κ1) is 17.2. The summed E-state index contributed by atoms with van der Waals surface area (Å²) < 4.78 is 17.1. The normalized spacial score (nSPS) is 11.0. The van der Waals surface area contributed by atoms with Crippen molar-refractivity contribution in [2.75, 3.05) is 4.90 Å². The maximum Gasteiger partial charge on any atom is 0.196 e. The molecular formula is C20H16ClN3O3. The number of rotatable bonds is 5. The second kappa shape index (κ2) is 7.17. The number of hydrogen-bond acceptors (Lipinski definition) is 6. The Bertz CT molecular complexity index is 1110. The van der Waals surface area contributed by atoms with Crippen LogP contribution in [0.5, 0.6) is 0 Å². The molecule has 5 rings (SSSR count). The van der Waals surface area contributed by atoms with Crippen LogP contribution in [0.25, 0.3) is 22.1 Å². The molecule has 1 aromatic carbocycles. The Morgan fingerprint density at radius 1 is 0.815 bits per heavy atom. The zero-order valence-electron chi connectivity index (χ0n) is 14.2. The van der Waals surface area contributed by atoms with Crippen LogP contribution in [0.1, 0.15) is 11.5 Å². The first-order valence-electron chi connectivity index (χ1n) is 8.30. The van der Waals surface area contributed by atoms with Gasteiger partial charge in [-0.2, -0.15) is 0 Å². The maximum absolute atomic E-state index is 6.08. The molecule has 0 atom stereocenters. The van der Waals surface area contributed by atoms with Crippen molar-refractivity contribution in [1.29, 1.82) is 0 Å². The maximum atomic E-state index is 6.08. The van der Waals surface area contributed by atoms with Crippen molar-refractivity contribution in [3.8, 4) is 0 Å². The molecule has 0 N–H and O–H groups in total. The second-order valence-corrected chi connectivity index (χ2v) is 5.99. The monoisotopic (exact) mass is 381 g/mol. The standard InChI is InChI=1S/C20H15N3O3.ClH/c1-2-8-17-16(7-1)18-19(26-17)20(22-13-21-18)23(11-14-5-3-9-24-14)12-15-6-4-10-25-15;/h1-10,13H,11-12H2;1H. The highest BCUT2D eigenvalue weighted by Crippen LogP contribution is 2.33. The van der Waals surface area contributed by atoms with Crippen molar-refractivity contribution in [2.24, 2.45) is 0 Å². The van der Waals surface area contributed by atoms with E-state index < -0.39 is 0 Å². The number of aromatic nitrogens is 2. The molecule has 5 aromatic rings. The topological polar surface area (TPSA) is 68.4 Å². The molecule has 4 aromatic heterocycles. The van der Waals surface area contributed by atoms with Crippen LogP contribution in [0, 0.1) is 0 Å². The zero-order chi connectivity index (χ0) is 17.3. The summed E-state index contributed by atoms with van der Waals surface area (Å²) in [5, 5.41) is 0.974. The minimum Gasteiger partial charge on any atom is -0.467 e. The van der Waals surface area contributed by atoms with Crippen molar-refractivity contribution in [1.82, 2.24) is 9.97 Å². The van der Waals surface area contributed by atoms with E-state index in [2.05, 4.69) is 14.9 Å². The zero-order valence-corrected chi connectivity index (χ0v) is 15.1. The number of para-hydroxylation sites is 1. The van der Waals surface area contributed by atoms with Gasteiger partial charge in [0.05, 0.1) is 25.6 Å². The fraction of sp³-hybridized carbons (Fsp3) is 0.100. The fourth-order valence-corrected chi connectivity index (χ4v) is 3.12. The molecular weight excluding hydrogens is 366 g/mol. The Labute approximate surface area is 160 Å². The summed E-state index contributed by atoms with van der Waals surface area (Å²) in [6.07, 6.45) is 4.89. The molecule has 0 radical (unpaired) electrons. The molecule has 7 heteroatoms. The number of anilines is 1. The van der Waals surface area contributed by atoms with Crippen LogP contribution in [0.2, 0.25) is 0 Å². The molecule has 0 saturated heterocycles. The predicted octanol–water partition coefficient (Wildman–Crippen LogP) is 5.19. The van der Waals surface area contributed by atoms with Gasteiger partial charge in [0.25, 0.3) is 0 Å². The van der Waals surface area contributed by atoms with Crippen LogP contribution in [-0.4, -0.2) is 9.97 Å². The van der Waals surface area contributed by atoms with Crippen LogP contribution in [0.15, 0.2) is 80.6 Å². The number of nitrogens with zero attached hydrogens (tertiary/aromatic N) is 3. The Morgan fingerprint density at radius 3 is 2.19 bits per heavy atom. The van der Waals surface area contributed by atoms with Gasteiger partial charge in [-0.25, -0.2) is 9.97 Å². The third kappa shape index (κ3) is 3.15. The molecule has 0 spiro atoms. The van der Waals surface area contributed by atoms with E-state index in [1.54, 1.807) is 18.9 Å². The van der Waals surface area contributed by atoms with Gasteiger partial charge in [0.15, 0.2) is 11.4 Å². The van der Waals surface area contributed by atoms with E-state index in [4.69, 9.17) is 13.3 Å². The van der Waals surface area contributed by atoms with E-state index in [1.165, 1.54) is 0 Å². The van der Waals surface area contributed by atoms with E-state index in [0.29, 0.717) is 24.5 Å². The lowest BCUT2D eigenvalue weighted by Crippen LogP contribution is -2.23. The smallest absolute Gasteiger partial charge is 0.196 e. The fourth-order valence-electron chi connectivity index (χ4n) is 3.12. The van der Waals surface area contributed by atoms with Gasteiger partial charge >= 0.3 is 0 Å². The van der Waals surface area contributed by atoms with Crippen LogP contribution < -0.4 is 4.90 Å². The summed E-state index contributed by atoms with van der Waals surface area (Å²) in [6, 6.07) is 15.5. The molecule has 0 bridgehead atoms. The number of furan rings is 3. The lowest BCUT2D eigenvalue weighted by molar-refractivity contribution is 0.475. The molecule has 4 heterocycles. The third-order valence-electron chi connectivity index (χ3n) is 4.29. The second-order valence-electron chi connectivity index (χ2n) is 5.99. The van der Waals surface area contributed by atoms with Gasteiger partial charge in [-0.05, 0) is 36.4 Å². The van der Waals surface area contributed by atoms with E-state index in [9.17, 15) is 0 Å². The summed E-state index contributed by atoms with van der Waals surface area (Å²) in [5.41, 5.74) is 2.25. The molecule has 0 aliphatic rings. The third-order valence-corrected chi connectivity index (χ3v) is 4.29. The number of benzene rings is 1. The largest absolute Gasteiger partial charge is 0.467 e. The predicted molar refractivity (Wildman–Crippen MR) is 104 cm³/mol. The number of halogens is 1. The molecule has 27 heavy (non-hydrogen) atoms. The highest BCUT2D eigenvalue weighted by Gasteiger charge is 2.20. The van der Waals surface area contributed by atoms with Crippen molar-refractivity contribution in [2.45, 2.75) is 13.1 Å². The first-order chi connectivity index (χ1) is 12.9. The first-order valence-corrected chi connectivity index (χ1v) is 8.30. The molecule has 6 nitrogen and oxygen atoms in total. The Kier molecular flexibility index (Phi) is 4.56. The highest BCUT2D eigenvalue weighted by molar-refractivity contribution is 6.05. The molecule has 0 fully saturated rings. The minimum absolute atomic E-state index is 0. The average Bonchev–Trinajstić information content (AvgIpc) is 3.42. The minimum atomic E-state index is 0. The van der Waals surface area contributed by atoms with Crippen LogP contribution in [-0.2, 0) is 13.1 Å². The Hall–Kier alpha value is -3.25. The summed E-state index contributed by atoms with van der Waals surface area (Å²) in [4.78, 5) is 11.0. The van der Waals surface area contributed by atoms with Gasteiger partial charge in [0, 0.05) is 5.39 Å². The van der Waals surface area contributed by atoms with Gasteiger partial charge in [-0.1, -0.05) is 12.1 Å². The van der Waals surface area contributed by atoms with Crippen LogP contribution in [0.4, 0.5) is 5.82 Å². The van der Waals surface area contributed by atoms with E-state index in [0.717, 1.165) is 28.0 Å². The average molecular weight is 382 g/mol. The lowest BCUT2D eigenvalue weighted by atomic mass is 10.2. The summed E-state index contributed by atoms with van der Waals surface area (Å²) in [7, 11) is 0. The van der Waals surface area contributed by atoms with E-state index in [-0.39, 0.29) is 12.4 Å². The van der Waals surface area contributed by atoms with E-state index in [1.807, 2.05) is 48.5 Å². The van der Waals surface area contributed by atoms with E-state index >= 15 is 0 Å². The summed E-state index contributed by atoms with van der Waals surface area (Å²) in [6.45, 7) is 1.08. The molecule has 136 valence electrons. The SMILES string of the molecule is Cl.c1coc(CN(Cc2ccco2)c2ncnc3c2oc2ccccc23)c1. The van der Waals surface area contributed by atoms with Gasteiger partial charge in [0.2, 0.25) is 0 Å².